The Morgan fingerprint density at radius 2 is 2.00 bits per heavy atom. The van der Waals surface area contributed by atoms with Crippen LogP contribution in [0.15, 0.2) is 59.8 Å². The van der Waals surface area contributed by atoms with Gasteiger partial charge in [0.1, 0.15) is 18.2 Å². The van der Waals surface area contributed by atoms with E-state index in [0.717, 1.165) is 41.8 Å². The van der Waals surface area contributed by atoms with Crippen LogP contribution in [0.2, 0.25) is 0 Å². The van der Waals surface area contributed by atoms with Crippen molar-refractivity contribution >= 4 is 5.82 Å². The van der Waals surface area contributed by atoms with Gasteiger partial charge in [-0.15, -0.1) is 0 Å². The number of rotatable bonds is 5. The van der Waals surface area contributed by atoms with E-state index in [4.69, 9.17) is 4.74 Å². The summed E-state index contributed by atoms with van der Waals surface area (Å²) in [6, 6.07) is 11.8. The number of hydrogen-bond donors (Lipinski definition) is 0. The van der Waals surface area contributed by atoms with Crippen LogP contribution in [0.3, 0.4) is 0 Å². The Labute approximate surface area is 188 Å². The molecule has 166 valence electrons. The summed E-state index contributed by atoms with van der Waals surface area (Å²) in [4.78, 5) is 26.5. The highest BCUT2D eigenvalue weighted by atomic mass is 16.5. The number of ether oxygens (including phenoxy) is 1. The van der Waals surface area contributed by atoms with E-state index in [-0.39, 0.29) is 5.56 Å². The normalized spacial score (nSPS) is 20.9. The molecule has 0 N–H and O–H groups in total. The number of aromatic nitrogens is 3. The molecule has 2 aliphatic heterocycles. The van der Waals surface area contributed by atoms with Crippen LogP contribution < -0.4 is 15.2 Å². The number of likely N-dealkylation sites (N-methyl/N-ethyl adjacent to an activating group) is 1. The Bertz CT molecular complexity index is 1130. The number of piperidine rings is 1. The maximum atomic E-state index is 12.7. The lowest BCUT2D eigenvalue weighted by Crippen LogP contribution is -2.42. The fourth-order valence-electron chi connectivity index (χ4n) is 4.81. The van der Waals surface area contributed by atoms with Crippen molar-refractivity contribution in [2.75, 3.05) is 31.6 Å². The Hall–Kier alpha value is -3.19. The van der Waals surface area contributed by atoms with Gasteiger partial charge in [0.15, 0.2) is 0 Å². The summed E-state index contributed by atoms with van der Waals surface area (Å²) >= 11 is 0. The summed E-state index contributed by atoms with van der Waals surface area (Å²) in [5.41, 5.74) is 2.53. The molecule has 0 spiro atoms. The van der Waals surface area contributed by atoms with Gasteiger partial charge in [-0.25, -0.2) is 4.98 Å². The largest absolute Gasteiger partial charge is 0.487 e. The van der Waals surface area contributed by atoms with E-state index < -0.39 is 0 Å². The summed E-state index contributed by atoms with van der Waals surface area (Å²) in [7, 11) is 2.23. The molecular weight excluding hydrogens is 402 g/mol. The molecule has 2 saturated heterocycles. The molecule has 2 fully saturated rings. The quantitative estimate of drug-likeness (QED) is 0.619. The molecule has 5 heterocycles. The van der Waals surface area contributed by atoms with Gasteiger partial charge in [0.25, 0.3) is 5.56 Å². The molecule has 0 amide bonds. The molecule has 5 rings (SSSR count). The molecule has 2 aliphatic rings. The first-order valence-corrected chi connectivity index (χ1v) is 11.3. The first-order valence-electron chi connectivity index (χ1n) is 11.3. The minimum Gasteiger partial charge on any atom is -0.487 e. The molecule has 3 aromatic heterocycles. The van der Waals surface area contributed by atoms with Crippen molar-refractivity contribution in [2.45, 2.75) is 32.4 Å². The summed E-state index contributed by atoms with van der Waals surface area (Å²) in [5.74, 6) is 2.23. The third-order valence-corrected chi connectivity index (χ3v) is 6.64. The minimum absolute atomic E-state index is 0.150. The fourth-order valence-corrected chi connectivity index (χ4v) is 4.81. The van der Waals surface area contributed by atoms with Crippen LogP contribution in [-0.2, 0) is 6.61 Å². The molecule has 0 saturated carbocycles. The van der Waals surface area contributed by atoms with Crippen molar-refractivity contribution in [3.63, 3.8) is 0 Å². The van der Waals surface area contributed by atoms with Gasteiger partial charge in [-0.2, -0.15) is 0 Å². The minimum atomic E-state index is -0.150. The molecule has 7 nitrogen and oxygen atoms in total. The van der Waals surface area contributed by atoms with Gasteiger partial charge in [-0.3, -0.25) is 14.3 Å². The Kier molecular flexibility index (Phi) is 5.66. The van der Waals surface area contributed by atoms with Crippen LogP contribution >= 0.6 is 0 Å². The standard InChI is InChI=1S/C25H29N5O2/c1-18-5-6-20(26-13-18)17-32-22-9-11-30(25(31)12-22)21-7-8-24(27-14-21)29-15-19-4-3-10-28(2)23(19)16-29/h5-9,11-14,19,23H,3-4,10,15-17H2,1-2H3. The molecule has 7 heteroatoms. The van der Waals surface area contributed by atoms with Crippen LogP contribution in [0.4, 0.5) is 5.82 Å². The summed E-state index contributed by atoms with van der Waals surface area (Å²) in [6.07, 6.45) is 7.90. The van der Waals surface area contributed by atoms with Crippen molar-refractivity contribution in [3.05, 3.63) is 76.6 Å². The zero-order chi connectivity index (χ0) is 22.1. The molecular formula is C25H29N5O2. The second kappa shape index (κ2) is 8.74. The monoisotopic (exact) mass is 431 g/mol. The lowest BCUT2D eigenvalue weighted by Gasteiger charge is -2.33. The average Bonchev–Trinajstić information content (AvgIpc) is 3.25. The van der Waals surface area contributed by atoms with E-state index in [1.807, 2.05) is 37.4 Å². The van der Waals surface area contributed by atoms with Gasteiger partial charge in [-0.1, -0.05) is 6.07 Å². The summed E-state index contributed by atoms with van der Waals surface area (Å²) in [5, 5.41) is 0. The van der Waals surface area contributed by atoms with E-state index >= 15 is 0 Å². The number of likely N-dealkylation sites (tertiary alicyclic amines) is 1. The van der Waals surface area contributed by atoms with E-state index in [9.17, 15) is 4.79 Å². The lowest BCUT2D eigenvalue weighted by atomic mass is 9.93. The molecule has 0 aromatic carbocycles. The average molecular weight is 432 g/mol. The SMILES string of the molecule is Cc1ccc(COc2ccn(-c3ccc(N4CC5CCCN(C)C5C4)nc3)c(=O)c2)nc1. The third kappa shape index (κ3) is 4.25. The lowest BCUT2D eigenvalue weighted by molar-refractivity contribution is 0.158. The van der Waals surface area contributed by atoms with Crippen LogP contribution in [0, 0.1) is 12.8 Å². The molecule has 3 aromatic rings. The van der Waals surface area contributed by atoms with Gasteiger partial charge in [0.2, 0.25) is 0 Å². The van der Waals surface area contributed by atoms with Crippen LogP contribution in [-0.4, -0.2) is 52.2 Å². The van der Waals surface area contributed by atoms with Crippen molar-refractivity contribution in [1.82, 2.24) is 19.4 Å². The smallest absolute Gasteiger partial charge is 0.258 e. The first-order chi connectivity index (χ1) is 15.6. The van der Waals surface area contributed by atoms with Crippen LogP contribution in [0.5, 0.6) is 5.75 Å². The van der Waals surface area contributed by atoms with Gasteiger partial charge in [0.05, 0.1) is 17.6 Å². The van der Waals surface area contributed by atoms with E-state index in [1.54, 1.807) is 23.0 Å². The zero-order valence-electron chi connectivity index (χ0n) is 18.6. The third-order valence-electron chi connectivity index (χ3n) is 6.64. The van der Waals surface area contributed by atoms with Crippen LogP contribution in [0.25, 0.3) is 5.69 Å². The van der Waals surface area contributed by atoms with Gasteiger partial charge >= 0.3 is 0 Å². The fraction of sp³-hybridized carbons (Fsp3) is 0.400. The summed E-state index contributed by atoms with van der Waals surface area (Å²) < 4.78 is 7.33. The molecule has 0 aliphatic carbocycles. The number of fused-ring (bicyclic) bond motifs is 1. The zero-order valence-corrected chi connectivity index (χ0v) is 18.6. The highest BCUT2D eigenvalue weighted by Gasteiger charge is 2.37. The predicted molar refractivity (Wildman–Crippen MR) is 124 cm³/mol. The second-order valence-corrected chi connectivity index (χ2v) is 8.92. The molecule has 32 heavy (non-hydrogen) atoms. The maximum absolute atomic E-state index is 12.7. The molecule has 2 unspecified atom stereocenters. The number of pyridine rings is 3. The van der Waals surface area contributed by atoms with E-state index in [2.05, 4.69) is 26.8 Å². The predicted octanol–water partition coefficient (Wildman–Crippen LogP) is 3.05. The number of hydrogen-bond acceptors (Lipinski definition) is 6. The van der Waals surface area contributed by atoms with E-state index in [1.165, 1.54) is 25.5 Å². The second-order valence-electron chi connectivity index (χ2n) is 8.92. The van der Waals surface area contributed by atoms with Crippen molar-refractivity contribution in [3.8, 4) is 11.4 Å². The Balaban J connectivity index is 1.26. The van der Waals surface area contributed by atoms with E-state index in [0.29, 0.717) is 18.4 Å². The topological polar surface area (TPSA) is 63.5 Å². The Morgan fingerprint density at radius 3 is 2.72 bits per heavy atom. The first kappa shape index (κ1) is 20.7. The van der Waals surface area contributed by atoms with Crippen molar-refractivity contribution in [1.29, 1.82) is 0 Å². The molecule has 0 bridgehead atoms. The highest BCUT2D eigenvalue weighted by molar-refractivity contribution is 5.45. The van der Waals surface area contributed by atoms with Gasteiger partial charge in [0, 0.05) is 37.6 Å². The van der Waals surface area contributed by atoms with Crippen molar-refractivity contribution < 1.29 is 4.74 Å². The van der Waals surface area contributed by atoms with Crippen LogP contribution in [0.1, 0.15) is 24.1 Å². The Morgan fingerprint density at radius 1 is 1.09 bits per heavy atom. The van der Waals surface area contributed by atoms with Gasteiger partial charge in [-0.05, 0) is 69.1 Å². The summed E-state index contributed by atoms with van der Waals surface area (Å²) in [6.45, 7) is 5.59. The molecule has 0 radical (unpaired) electrons. The maximum Gasteiger partial charge on any atom is 0.258 e. The van der Waals surface area contributed by atoms with Gasteiger partial charge < -0.3 is 14.5 Å². The van der Waals surface area contributed by atoms with Crippen molar-refractivity contribution in [2.24, 2.45) is 5.92 Å². The number of nitrogens with zero attached hydrogens (tertiary/aromatic N) is 5. The highest BCUT2D eigenvalue weighted by Crippen LogP contribution is 2.31. The number of aryl methyl sites for hydroxylation is 1. The molecule has 2 atom stereocenters. The number of anilines is 1.